The Morgan fingerprint density at radius 1 is 1.11 bits per heavy atom. The van der Waals surface area contributed by atoms with Crippen molar-refractivity contribution >= 4 is 0 Å². The molecule has 7 atom stereocenters. The minimum Gasteiger partial charge on any atom is -0.375 e. The summed E-state index contributed by atoms with van der Waals surface area (Å²) in [6, 6.07) is 0.740. The summed E-state index contributed by atoms with van der Waals surface area (Å²) >= 11 is 0. The molecule has 1 N–H and O–H groups in total. The van der Waals surface area contributed by atoms with E-state index in [2.05, 4.69) is 12.2 Å². The maximum Gasteiger partial charge on any atom is 0.0623 e. The van der Waals surface area contributed by atoms with Gasteiger partial charge in [-0.15, -0.1) is 0 Å². The van der Waals surface area contributed by atoms with E-state index < -0.39 is 0 Å². The van der Waals surface area contributed by atoms with E-state index in [0.29, 0.717) is 12.2 Å². The highest BCUT2D eigenvalue weighted by Gasteiger charge is 2.46. The van der Waals surface area contributed by atoms with Crippen LogP contribution in [0.15, 0.2) is 0 Å². The van der Waals surface area contributed by atoms with Crippen LogP contribution in [-0.2, 0) is 4.74 Å². The largest absolute Gasteiger partial charge is 0.375 e. The summed E-state index contributed by atoms with van der Waals surface area (Å²) < 4.78 is 6.10. The van der Waals surface area contributed by atoms with E-state index in [4.69, 9.17) is 4.74 Å². The third-order valence-electron chi connectivity index (χ3n) is 6.58. The van der Waals surface area contributed by atoms with Gasteiger partial charge in [-0.2, -0.15) is 0 Å². The van der Waals surface area contributed by atoms with E-state index in [9.17, 15) is 0 Å². The smallest absolute Gasteiger partial charge is 0.0623 e. The first-order chi connectivity index (χ1) is 9.33. The van der Waals surface area contributed by atoms with Crippen LogP contribution in [0.3, 0.4) is 0 Å². The molecule has 4 fully saturated rings. The molecule has 108 valence electrons. The lowest BCUT2D eigenvalue weighted by atomic mass is 9.77. The molecule has 0 aromatic heterocycles. The lowest BCUT2D eigenvalue weighted by Crippen LogP contribution is -2.42. The Hall–Kier alpha value is -0.0800. The molecule has 0 spiro atoms. The third kappa shape index (κ3) is 2.25. The van der Waals surface area contributed by atoms with Gasteiger partial charge in [0.25, 0.3) is 0 Å². The minimum absolute atomic E-state index is 0.590. The average molecular weight is 263 g/mol. The molecular weight excluding hydrogens is 234 g/mol. The molecule has 2 heterocycles. The fourth-order valence-electron chi connectivity index (χ4n) is 5.76. The first kappa shape index (κ1) is 12.6. The Balaban J connectivity index is 1.40. The summed E-state index contributed by atoms with van der Waals surface area (Å²) in [5.41, 5.74) is 0. The van der Waals surface area contributed by atoms with E-state index in [1.807, 2.05) is 0 Å². The van der Waals surface area contributed by atoms with Gasteiger partial charge in [0, 0.05) is 12.0 Å². The molecule has 0 aromatic rings. The predicted octanol–water partition coefficient (Wildman–Crippen LogP) is 3.36. The van der Waals surface area contributed by atoms with Crippen molar-refractivity contribution in [2.45, 2.75) is 76.5 Å². The topological polar surface area (TPSA) is 21.3 Å². The van der Waals surface area contributed by atoms with Crippen molar-refractivity contribution in [1.29, 1.82) is 0 Å². The van der Waals surface area contributed by atoms with Crippen LogP contribution in [0, 0.1) is 23.7 Å². The average Bonchev–Trinajstić information content (AvgIpc) is 3.18. The first-order valence-corrected chi connectivity index (χ1v) is 8.72. The summed E-state index contributed by atoms with van der Waals surface area (Å²) in [5, 5.41) is 3.82. The maximum atomic E-state index is 6.10. The fourth-order valence-corrected chi connectivity index (χ4v) is 5.76. The number of ether oxygens (including phenoxy) is 1. The zero-order chi connectivity index (χ0) is 12.8. The van der Waals surface area contributed by atoms with Crippen molar-refractivity contribution in [3.63, 3.8) is 0 Å². The number of nitrogens with one attached hydrogen (secondary N) is 1. The minimum atomic E-state index is 0.590. The molecule has 7 unspecified atom stereocenters. The highest BCUT2D eigenvalue weighted by molar-refractivity contribution is 4.98. The third-order valence-corrected chi connectivity index (χ3v) is 6.58. The van der Waals surface area contributed by atoms with Crippen LogP contribution in [0.1, 0.15) is 58.3 Å². The van der Waals surface area contributed by atoms with Gasteiger partial charge in [0.05, 0.1) is 12.2 Å². The van der Waals surface area contributed by atoms with E-state index in [0.717, 1.165) is 36.3 Å². The molecule has 2 saturated carbocycles. The van der Waals surface area contributed by atoms with Gasteiger partial charge in [0.1, 0.15) is 0 Å². The van der Waals surface area contributed by atoms with Gasteiger partial charge in [-0.3, -0.25) is 0 Å². The summed E-state index contributed by atoms with van der Waals surface area (Å²) in [7, 11) is 0. The van der Waals surface area contributed by atoms with Gasteiger partial charge in [-0.25, -0.2) is 0 Å². The molecule has 2 saturated heterocycles. The molecule has 2 heteroatoms. The lowest BCUT2D eigenvalue weighted by molar-refractivity contribution is 0.0820. The van der Waals surface area contributed by atoms with Gasteiger partial charge < -0.3 is 10.1 Å². The number of fused-ring (bicyclic) bond motifs is 4. The number of hydrogen-bond acceptors (Lipinski definition) is 2. The summed E-state index contributed by atoms with van der Waals surface area (Å²) in [4.78, 5) is 0. The molecule has 0 amide bonds. The Morgan fingerprint density at radius 2 is 2.05 bits per heavy atom. The zero-order valence-corrected chi connectivity index (χ0v) is 12.3. The van der Waals surface area contributed by atoms with Crippen molar-refractivity contribution in [2.24, 2.45) is 23.7 Å². The van der Waals surface area contributed by atoms with Crippen LogP contribution >= 0.6 is 0 Å². The van der Waals surface area contributed by atoms with Crippen LogP contribution in [0.5, 0.6) is 0 Å². The second-order valence-electron chi connectivity index (χ2n) is 7.61. The molecule has 19 heavy (non-hydrogen) atoms. The second-order valence-corrected chi connectivity index (χ2v) is 7.61. The number of hydrogen-bond donors (Lipinski definition) is 1. The molecule has 4 rings (SSSR count). The van der Waals surface area contributed by atoms with Crippen molar-refractivity contribution < 1.29 is 4.74 Å². The molecule has 2 aliphatic heterocycles. The lowest BCUT2D eigenvalue weighted by Gasteiger charge is -2.33. The van der Waals surface area contributed by atoms with Crippen molar-refractivity contribution in [3.05, 3.63) is 0 Å². The highest BCUT2D eigenvalue weighted by atomic mass is 16.5. The van der Waals surface area contributed by atoms with Crippen LogP contribution < -0.4 is 5.32 Å². The van der Waals surface area contributed by atoms with Gasteiger partial charge in [0.2, 0.25) is 0 Å². The van der Waals surface area contributed by atoms with Gasteiger partial charge >= 0.3 is 0 Å². The second kappa shape index (κ2) is 5.04. The zero-order valence-electron chi connectivity index (χ0n) is 12.3. The fraction of sp³-hybridized carbons (Fsp3) is 1.00. The molecule has 0 radical (unpaired) electrons. The Labute approximate surface area is 117 Å². The molecule has 0 aromatic carbocycles. The summed E-state index contributed by atoms with van der Waals surface area (Å²) in [6.45, 7) is 3.39. The van der Waals surface area contributed by atoms with Crippen LogP contribution in [0.2, 0.25) is 0 Å². The van der Waals surface area contributed by atoms with Crippen LogP contribution in [0.4, 0.5) is 0 Å². The van der Waals surface area contributed by atoms with E-state index >= 15 is 0 Å². The van der Waals surface area contributed by atoms with E-state index in [-0.39, 0.29) is 0 Å². The molecule has 4 aliphatic rings. The predicted molar refractivity (Wildman–Crippen MR) is 77.0 cm³/mol. The molecular formula is C17H29NO. The first-order valence-electron chi connectivity index (χ1n) is 8.72. The maximum absolute atomic E-state index is 6.10. The van der Waals surface area contributed by atoms with Crippen LogP contribution in [0.25, 0.3) is 0 Å². The van der Waals surface area contributed by atoms with Gasteiger partial charge in [0.15, 0.2) is 0 Å². The SMILES string of the molecule is CCNC(CC1CC2CCC1C2)C1CC2CCC1O2. The van der Waals surface area contributed by atoms with Crippen molar-refractivity contribution in [3.8, 4) is 0 Å². The standard InChI is InChI=1S/C17H29NO/c1-2-18-16(15-10-14-5-6-17(15)19-14)9-13-8-11-3-4-12(13)7-11/h11-18H,2-10H2,1H3. The number of rotatable bonds is 5. The van der Waals surface area contributed by atoms with Crippen LogP contribution in [-0.4, -0.2) is 24.8 Å². The van der Waals surface area contributed by atoms with E-state index in [1.165, 1.54) is 44.9 Å². The van der Waals surface area contributed by atoms with Crippen molar-refractivity contribution in [1.82, 2.24) is 5.32 Å². The Bertz CT molecular complexity index is 331. The summed E-state index contributed by atoms with van der Waals surface area (Å²) in [5.74, 6) is 4.01. The molecule has 2 nitrogen and oxygen atoms in total. The monoisotopic (exact) mass is 263 g/mol. The summed E-state index contributed by atoms with van der Waals surface area (Å²) in [6.07, 6.45) is 12.8. The molecule has 2 aliphatic carbocycles. The quantitative estimate of drug-likeness (QED) is 0.821. The van der Waals surface area contributed by atoms with Gasteiger partial charge in [-0.05, 0) is 69.2 Å². The van der Waals surface area contributed by atoms with Gasteiger partial charge in [-0.1, -0.05) is 13.3 Å². The normalized spacial score (nSPS) is 49.1. The Morgan fingerprint density at radius 3 is 2.63 bits per heavy atom. The Kier molecular flexibility index (Phi) is 3.35. The van der Waals surface area contributed by atoms with E-state index in [1.54, 1.807) is 6.42 Å². The highest BCUT2D eigenvalue weighted by Crippen LogP contribution is 2.51. The molecule has 4 bridgehead atoms. The van der Waals surface area contributed by atoms with Crippen molar-refractivity contribution in [2.75, 3.05) is 6.54 Å².